The Morgan fingerprint density at radius 1 is 1.12 bits per heavy atom. The fraction of sp³-hybridized carbons (Fsp3) is 0.208. The van der Waals surface area contributed by atoms with Gasteiger partial charge < -0.3 is 15.0 Å². The Morgan fingerprint density at radius 2 is 1.85 bits per heavy atom. The van der Waals surface area contributed by atoms with Crippen molar-refractivity contribution in [1.82, 2.24) is 15.3 Å². The molecule has 2 amide bonds. The van der Waals surface area contributed by atoms with Gasteiger partial charge in [0.05, 0.1) is 30.7 Å². The van der Waals surface area contributed by atoms with E-state index >= 15 is 0 Å². The second kappa shape index (κ2) is 10.3. The second-order valence-electron chi connectivity index (χ2n) is 7.25. The number of nitrogens with one attached hydrogen (secondary N) is 1. The predicted octanol–water partition coefficient (Wildman–Crippen LogP) is 2.53. The highest BCUT2D eigenvalue weighted by molar-refractivity contribution is 5.94. The van der Waals surface area contributed by atoms with Gasteiger partial charge in [0.2, 0.25) is 12.4 Å². The molecule has 9 nitrogen and oxygen atoms in total. The summed E-state index contributed by atoms with van der Waals surface area (Å²) in [6, 6.07) is 18.1. The highest BCUT2D eigenvalue weighted by Gasteiger charge is 2.15. The zero-order chi connectivity index (χ0) is 23.0. The molecule has 9 heteroatoms. The standard InChI is InChI=1S/C24H22N6O3/c25-10-12-26-23(32)19-3-1-18(2-4-19)22-9-11-27-24(28-22)30(17-31)21-7-5-20(6-8-21)29-13-15-33-16-14-29/h1-9,11,17H,12-16H2,(H,26,32). The Kier molecular flexibility index (Phi) is 6.87. The van der Waals surface area contributed by atoms with E-state index in [0.717, 1.165) is 24.3 Å². The maximum Gasteiger partial charge on any atom is 0.252 e. The second-order valence-corrected chi connectivity index (χ2v) is 7.25. The number of rotatable bonds is 7. The minimum Gasteiger partial charge on any atom is -0.378 e. The summed E-state index contributed by atoms with van der Waals surface area (Å²) >= 11 is 0. The van der Waals surface area contributed by atoms with E-state index in [1.165, 1.54) is 4.90 Å². The van der Waals surface area contributed by atoms with E-state index < -0.39 is 0 Å². The highest BCUT2D eigenvalue weighted by atomic mass is 16.5. The van der Waals surface area contributed by atoms with Crippen LogP contribution in [0.25, 0.3) is 11.3 Å². The Balaban J connectivity index is 1.53. The normalized spacial score (nSPS) is 13.1. The number of hydrogen-bond acceptors (Lipinski definition) is 7. The third kappa shape index (κ3) is 5.14. The maximum absolute atomic E-state index is 12.0. The van der Waals surface area contributed by atoms with Crippen LogP contribution in [0.5, 0.6) is 0 Å². The number of anilines is 3. The van der Waals surface area contributed by atoms with Gasteiger partial charge >= 0.3 is 0 Å². The van der Waals surface area contributed by atoms with E-state index in [1.54, 1.807) is 36.5 Å². The fourth-order valence-corrected chi connectivity index (χ4v) is 3.51. The van der Waals surface area contributed by atoms with Crippen molar-refractivity contribution in [3.05, 3.63) is 66.4 Å². The molecule has 1 aliphatic heterocycles. The number of nitriles is 1. The average molecular weight is 442 g/mol. The molecule has 1 saturated heterocycles. The summed E-state index contributed by atoms with van der Waals surface area (Å²) in [6.07, 6.45) is 2.27. The zero-order valence-corrected chi connectivity index (χ0v) is 17.8. The monoisotopic (exact) mass is 442 g/mol. The molecule has 0 bridgehead atoms. The molecule has 1 aromatic heterocycles. The average Bonchev–Trinajstić information content (AvgIpc) is 2.89. The summed E-state index contributed by atoms with van der Waals surface area (Å²) in [7, 11) is 0. The van der Waals surface area contributed by atoms with Gasteiger partial charge in [-0.2, -0.15) is 5.26 Å². The molecule has 4 rings (SSSR count). The van der Waals surface area contributed by atoms with Crippen LogP contribution in [0.2, 0.25) is 0 Å². The maximum atomic E-state index is 12.0. The van der Waals surface area contributed by atoms with Crippen molar-refractivity contribution < 1.29 is 14.3 Å². The molecule has 3 aromatic rings. The van der Waals surface area contributed by atoms with Gasteiger partial charge in [0, 0.05) is 36.1 Å². The molecule has 0 unspecified atom stereocenters. The largest absolute Gasteiger partial charge is 0.378 e. The molecule has 0 spiro atoms. The zero-order valence-electron chi connectivity index (χ0n) is 17.8. The SMILES string of the molecule is N#CCNC(=O)c1ccc(-c2ccnc(N(C=O)c3ccc(N4CCOCC4)cc3)n2)cc1. The van der Waals surface area contributed by atoms with Gasteiger partial charge in [0.1, 0.15) is 6.54 Å². The van der Waals surface area contributed by atoms with Crippen molar-refractivity contribution in [2.24, 2.45) is 0 Å². The Hall–Kier alpha value is -4.29. The number of carbonyl (C=O) groups excluding carboxylic acids is 2. The minimum atomic E-state index is -0.320. The molecule has 0 atom stereocenters. The third-order valence-electron chi connectivity index (χ3n) is 5.24. The molecule has 33 heavy (non-hydrogen) atoms. The van der Waals surface area contributed by atoms with Crippen LogP contribution >= 0.6 is 0 Å². The molecular formula is C24H22N6O3. The number of ether oxygens (including phenoxy) is 1. The van der Waals surface area contributed by atoms with Crippen molar-refractivity contribution in [1.29, 1.82) is 5.26 Å². The lowest BCUT2D eigenvalue weighted by atomic mass is 10.1. The summed E-state index contributed by atoms with van der Waals surface area (Å²) in [4.78, 5) is 36.3. The van der Waals surface area contributed by atoms with E-state index in [4.69, 9.17) is 10.00 Å². The Morgan fingerprint density at radius 3 is 2.52 bits per heavy atom. The smallest absolute Gasteiger partial charge is 0.252 e. The van der Waals surface area contributed by atoms with Crippen molar-refractivity contribution in [3.63, 3.8) is 0 Å². The highest BCUT2D eigenvalue weighted by Crippen LogP contribution is 2.26. The molecule has 0 radical (unpaired) electrons. The first-order valence-corrected chi connectivity index (χ1v) is 10.5. The van der Waals surface area contributed by atoms with Crippen LogP contribution in [0.4, 0.5) is 17.3 Å². The molecule has 0 saturated carbocycles. The lowest BCUT2D eigenvalue weighted by molar-refractivity contribution is -0.106. The van der Waals surface area contributed by atoms with Crippen LogP contribution in [0, 0.1) is 11.3 Å². The quantitative estimate of drug-likeness (QED) is 0.442. The number of nitrogens with zero attached hydrogens (tertiary/aromatic N) is 5. The van der Waals surface area contributed by atoms with Crippen LogP contribution in [-0.2, 0) is 9.53 Å². The lowest BCUT2D eigenvalue weighted by Gasteiger charge is -2.29. The van der Waals surface area contributed by atoms with Crippen molar-refractivity contribution in [3.8, 4) is 17.3 Å². The number of hydrogen-bond donors (Lipinski definition) is 1. The van der Waals surface area contributed by atoms with Gasteiger partial charge in [0.15, 0.2) is 0 Å². The molecular weight excluding hydrogens is 420 g/mol. The van der Waals surface area contributed by atoms with Gasteiger partial charge in [-0.05, 0) is 42.5 Å². The minimum absolute atomic E-state index is 0.0508. The number of carbonyl (C=O) groups is 2. The van der Waals surface area contributed by atoms with E-state index in [9.17, 15) is 9.59 Å². The summed E-state index contributed by atoms with van der Waals surface area (Å²) in [6.45, 7) is 3.02. The number of aromatic nitrogens is 2. The Bertz CT molecular complexity index is 1150. The van der Waals surface area contributed by atoms with Crippen LogP contribution in [0.15, 0.2) is 60.8 Å². The molecule has 166 valence electrons. The molecule has 2 heterocycles. The predicted molar refractivity (Wildman–Crippen MR) is 123 cm³/mol. The molecule has 1 aliphatic rings. The summed E-state index contributed by atoms with van der Waals surface area (Å²) in [5, 5.41) is 11.1. The van der Waals surface area contributed by atoms with Crippen LogP contribution < -0.4 is 15.1 Å². The van der Waals surface area contributed by atoms with Crippen LogP contribution in [0.3, 0.4) is 0 Å². The number of morpholine rings is 1. The molecule has 0 aliphatic carbocycles. The number of amides is 2. The third-order valence-corrected chi connectivity index (χ3v) is 5.24. The van der Waals surface area contributed by atoms with E-state index in [0.29, 0.717) is 36.6 Å². The topological polar surface area (TPSA) is 111 Å². The fourth-order valence-electron chi connectivity index (χ4n) is 3.51. The van der Waals surface area contributed by atoms with Crippen LogP contribution in [0.1, 0.15) is 10.4 Å². The summed E-state index contributed by atoms with van der Waals surface area (Å²) in [5.41, 5.74) is 3.55. The molecule has 1 fully saturated rings. The van der Waals surface area contributed by atoms with Crippen molar-refractivity contribution in [2.75, 3.05) is 42.6 Å². The van der Waals surface area contributed by atoms with Crippen molar-refractivity contribution in [2.45, 2.75) is 0 Å². The van der Waals surface area contributed by atoms with Gasteiger partial charge in [-0.15, -0.1) is 0 Å². The van der Waals surface area contributed by atoms with E-state index in [1.807, 2.05) is 30.3 Å². The first kappa shape index (κ1) is 21.9. The molecule has 1 N–H and O–H groups in total. The van der Waals surface area contributed by atoms with Crippen LogP contribution in [-0.4, -0.2) is 55.1 Å². The van der Waals surface area contributed by atoms with E-state index in [2.05, 4.69) is 20.2 Å². The van der Waals surface area contributed by atoms with Crippen molar-refractivity contribution >= 4 is 29.6 Å². The summed E-state index contributed by atoms with van der Waals surface area (Å²) in [5.74, 6) is -0.0726. The van der Waals surface area contributed by atoms with Gasteiger partial charge in [-0.1, -0.05) is 12.1 Å². The molecule has 2 aromatic carbocycles. The first-order chi connectivity index (χ1) is 16.2. The Labute approximate surface area is 191 Å². The van der Waals surface area contributed by atoms with Gasteiger partial charge in [-0.3, -0.25) is 14.5 Å². The van der Waals surface area contributed by atoms with Gasteiger partial charge in [-0.25, -0.2) is 9.97 Å². The lowest BCUT2D eigenvalue weighted by Crippen LogP contribution is -2.36. The number of benzene rings is 2. The van der Waals surface area contributed by atoms with Gasteiger partial charge in [0.25, 0.3) is 5.91 Å². The van der Waals surface area contributed by atoms with E-state index in [-0.39, 0.29) is 18.4 Å². The summed E-state index contributed by atoms with van der Waals surface area (Å²) < 4.78 is 5.40. The first-order valence-electron chi connectivity index (χ1n) is 10.5.